The normalized spacial score (nSPS) is 14.0. The fourth-order valence-corrected chi connectivity index (χ4v) is 5.41. The van der Waals surface area contributed by atoms with E-state index >= 15 is 0 Å². The molecule has 0 atom stereocenters. The summed E-state index contributed by atoms with van der Waals surface area (Å²) in [4.78, 5) is 0. The lowest BCUT2D eigenvalue weighted by atomic mass is 11.7. The van der Waals surface area contributed by atoms with Crippen molar-refractivity contribution in [3.8, 4) is 0 Å². The molecular weight excluding hydrogens is 161 g/mol. The third-order valence-corrected chi connectivity index (χ3v) is 6.58. The van der Waals surface area contributed by atoms with Crippen molar-refractivity contribution in [3.63, 3.8) is 0 Å². The minimum absolute atomic E-state index is 0.431. The van der Waals surface area contributed by atoms with Gasteiger partial charge in [-0.2, -0.15) is 0 Å². The van der Waals surface area contributed by atoms with Crippen molar-refractivity contribution in [1.29, 1.82) is 0 Å². The van der Waals surface area contributed by atoms with Crippen LogP contribution in [0.25, 0.3) is 0 Å². The lowest BCUT2D eigenvalue weighted by Gasteiger charge is -2.14. The molecule has 0 nitrogen and oxygen atoms in total. The van der Waals surface area contributed by atoms with Crippen LogP contribution in [-0.2, 0) is 0 Å². The van der Waals surface area contributed by atoms with Crippen molar-refractivity contribution < 1.29 is 12.3 Å². The number of rotatable bonds is 2. The first-order valence-corrected chi connectivity index (χ1v) is 8.32. The van der Waals surface area contributed by atoms with Gasteiger partial charge in [-0.25, -0.2) is 12.3 Å². The first-order valence-electron chi connectivity index (χ1n) is 2.77. The van der Waals surface area contributed by atoms with Crippen molar-refractivity contribution in [2.24, 2.45) is 0 Å². The molecule has 0 unspecified atom stereocenters. The molecule has 0 aromatic carbocycles. The quantitative estimate of drug-likeness (QED) is 0.444. The summed E-state index contributed by atoms with van der Waals surface area (Å²) in [6.45, 7) is 5.23. The Morgan fingerprint density at radius 1 is 1.00 bits per heavy atom. The molecule has 5 heteroatoms. The summed E-state index contributed by atoms with van der Waals surface area (Å²) < 4.78 is 35.2. The summed E-state index contributed by atoms with van der Waals surface area (Å²) in [6, 6.07) is 0. The topological polar surface area (TPSA) is 0 Å². The van der Waals surface area contributed by atoms with Crippen LogP contribution in [0.15, 0.2) is 0 Å². The van der Waals surface area contributed by atoms with E-state index in [9.17, 15) is 12.3 Å². The molecule has 0 N–H and O–H groups in total. The third-order valence-electron chi connectivity index (χ3n) is 0.731. The second kappa shape index (κ2) is 2.45. The van der Waals surface area contributed by atoms with Gasteiger partial charge in [0.15, 0.2) is 0 Å². The monoisotopic (exact) mass is 172 g/mol. The molecule has 0 rings (SSSR count). The SMILES string of the molecule is C[Si](C)(C)C[Si](F)(F)F. The van der Waals surface area contributed by atoms with Crippen LogP contribution in [-0.4, -0.2) is 17.1 Å². The van der Waals surface area contributed by atoms with Crippen LogP contribution in [0.4, 0.5) is 12.3 Å². The average Bonchev–Trinajstić information content (AvgIpc) is 1.14. The molecule has 0 aliphatic heterocycles. The van der Waals surface area contributed by atoms with Gasteiger partial charge in [-0.1, -0.05) is 19.6 Å². The fraction of sp³-hybridized carbons (Fsp3) is 1.00. The van der Waals surface area contributed by atoms with Crippen LogP contribution in [0.3, 0.4) is 0 Å². The average molecular weight is 172 g/mol. The maximum Gasteiger partial charge on any atom is 0.613 e. The molecule has 0 bridgehead atoms. The smallest absolute Gasteiger partial charge is 0.238 e. The van der Waals surface area contributed by atoms with Crippen molar-refractivity contribution in [1.82, 2.24) is 0 Å². The molecule has 0 aromatic heterocycles. The summed E-state index contributed by atoms with van der Waals surface area (Å²) >= 11 is 0. The van der Waals surface area contributed by atoms with Gasteiger partial charge in [0.05, 0.1) is 8.07 Å². The van der Waals surface area contributed by atoms with E-state index in [4.69, 9.17) is 0 Å². The van der Waals surface area contributed by atoms with Gasteiger partial charge < -0.3 is 0 Å². The van der Waals surface area contributed by atoms with Crippen LogP contribution in [0.5, 0.6) is 0 Å². The Hall–Kier alpha value is 0.224. The molecule has 0 amide bonds. The molecule has 0 saturated heterocycles. The molecule has 0 saturated carbocycles. The van der Waals surface area contributed by atoms with Crippen molar-refractivity contribution in [2.45, 2.75) is 25.3 Å². The lowest BCUT2D eigenvalue weighted by molar-refractivity contribution is 0.481. The molecule has 0 aromatic rings. The van der Waals surface area contributed by atoms with Gasteiger partial charge in [0.1, 0.15) is 0 Å². The standard InChI is InChI=1S/C4H11F3Si2/c1-8(2,3)4-9(5,6)7/h4H2,1-3H3. The Labute approximate surface area is 55.6 Å². The zero-order chi connectivity index (χ0) is 7.71. The predicted molar refractivity (Wildman–Crippen MR) is 37.2 cm³/mol. The van der Waals surface area contributed by atoms with Crippen LogP contribution in [0.1, 0.15) is 0 Å². The van der Waals surface area contributed by atoms with Gasteiger partial charge in [-0.15, -0.1) is 0 Å². The second-order valence-electron chi connectivity index (χ2n) is 3.35. The molecular formula is C4H11F3Si2. The van der Waals surface area contributed by atoms with Gasteiger partial charge in [-0.3, -0.25) is 0 Å². The van der Waals surface area contributed by atoms with Gasteiger partial charge in [0, 0.05) is 5.67 Å². The number of hydrogen-bond donors (Lipinski definition) is 0. The summed E-state index contributed by atoms with van der Waals surface area (Å²) in [5.74, 6) is 0. The summed E-state index contributed by atoms with van der Waals surface area (Å²) in [6.07, 6.45) is 0. The van der Waals surface area contributed by atoms with E-state index in [0.717, 1.165) is 0 Å². The Morgan fingerprint density at radius 3 is 1.33 bits per heavy atom. The van der Waals surface area contributed by atoms with Crippen LogP contribution < -0.4 is 0 Å². The van der Waals surface area contributed by atoms with Gasteiger partial charge in [-0.05, 0) is 0 Å². The summed E-state index contributed by atoms with van der Waals surface area (Å²) in [7, 11) is -7.09. The minimum atomic E-state index is -5.23. The highest BCUT2D eigenvalue weighted by atomic mass is 28.5. The van der Waals surface area contributed by atoms with Gasteiger partial charge in [0.25, 0.3) is 0 Å². The Morgan fingerprint density at radius 2 is 1.33 bits per heavy atom. The molecule has 0 fully saturated rings. The molecule has 56 valence electrons. The Kier molecular flexibility index (Phi) is 2.52. The molecule has 0 spiro atoms. The highest BCUT2D eigenvalue weighted by Crippen LogP contribution is 2.22. The summed E-state index contributed by atoms with van der Waals surface area (Å²) in [5, 5.41) is 0. The molecule has 0 radical (unpaired) electrons. The van der Waals surface area contributed by atoms with E-state index in [1.807, 2.05) is 0 Å². The molecule has 0 aliphatic rings. The van der Waals surface area contributed by atoms with Crippen LogP contribution >= 0.6 is 0 Å². The molecule has 0 heterocycles. The first kappa shape index (κ1) is 9.22. The highest BCUT2D eigenvalue weighted by molar-refractivity contribution is 6.87. The maximum absolute atomic E-state index is 11.7. The zero-order valence-electron chi connectivity index (χ0n) is 5.84. The van der Waals surface area contributed by atoms with E-state index in [-0.39, 0.29) is 0 Å². The van der Waals surface area contributed by atoms with Crippen molar-refractivity contribution in [2.75, 3.05) is 0 Å². The van der Waals surface area contributed by atoms with E-state index in [2.05, 4.69) is 0 Å². The van der Waals surface area contributed by atoms with Crippen LogP contribution in [0.2, 0.25) is 25.3 Å². The zero-order valence-corrected chi connectivity index (χ0v) is 7.84. The minimum Gasteiger partial charge on any atom is -0.238 e. The van der Waals surface area contributed by atoms with E-state index in [1.165, 1.54) is 0 Å². The van der Waals surface area contributed by atoms with Crippen LogP contribution in [0, 0.1) is 0 Å². The molecule has 9 heavy (non-hydrogen) atoms. The number of halogens is 3. The first-order chi connectivity index (χ1) is 3.71. The molecule has 0 aliphatic carbocycles. The van der Waals surface area contributed by atoms with Gasteiger partial charge in [0.2, 0.25) is 0 Å². The predicted octanol–water partition coefficient (Wildman–Crippen LogP) is 2.71. The largest absolute Gasteiger partial charge is 0.613 e. The Balaban J connectivity index is 3.75. The number of hydrogen-bond acceptors (Lipinski definition) is 0. The Bertz CT molecular complexity index is 79.0. The fourth-order valence-electron chi connectivity index (χ4n) is 0.601. The maximum atomic E-state index is 11.7. The van der Waals surface area contributed by atoms with E-state index in [0.29, 0.717) is 0 Å². The summed E-state index contributed by atoms with van der Waals surface area (Å²) in [5.41, 5.74) is -0.431. The third kappa shape index (κ3) is 8.22. The van der Waals surface area contributed by atoms with Crippen molar-refractivity contribution in [3.05, 3.63) is 0 Å². The second-order valence-corrected chi connectivity index (χ2v) is 11.1. The van der Waals surface area contributed by atoms with Gasteiger partial charge >= 0.3 is 9.08 Å². The van der Waals surface area contributed by atoms with E-state index in [1.54, 1.807) is 19.6 Å². The highest BCUT2D eigenvalue weighted by Gasteiger charge is 2.41. The van der Waals surface area contributed by atoms with Crippen molar-refractivity contribution >= 4 is 17.1 Å². The lowest BCUT2D eigenvalue weighted by Crippen LogP contribution is -2.31. The van der Waals surface area contributed by atoms with E-state index < -0.39 is 22.8 Å².